The summed E-state index contributed by atoms with van der Waals surface area (Å²) in [6.45, 7) is 3.56. The van der Waals surface area contributed by atoms with Crippen molar-refractivity contribution in [3.63, 3.8) is 0 Å². The molecule has 2 aliphatic heterocycles. The summed E-state index contributed by atoms with van der Waals surface area (Å²) in [5, 5.41) is 9.11. The largest absolute Gasteiger partial charge is 0.470 e. The molecule has 4 rings (SSSR count). The van der Waals surface area contributed by atoms with Crippen LogP contribution in [0.1, 0.15) is 24.6 Å². The maximum atomic E-state index is 13.9. The van der Waals surface area contributed by atoms with Crippen molar-refractivity contribution < 1.29 is 9.13 Å². The average molecular weight is 350 g/mol. The lowest BCUT2D eigenvalue weighted by atomic mass is 9.97. The summed E-state index contributed by atoms with van der Waals surface area (Å²) >= 11 is 0. The van der Waals surface area contributed by atoms with Crippen molar-refractivity contribution in [2.75, 3.05) is 18.0 Å². The van der Waals surface area contributed by atoms with Crippen LogP contribution >= 0.6 is 0 Å². The van der Waals surface area contributed by atoms with E-state index in [0.29, 0.717) is 23.9 Å². The third kappa shape index (κ3) is 3.13. The number of anilines is 1. The Bertz CT molecular complexity index is 877. The normalized spacial score (nSPS) is 24.9. The SMILES string of the molecule is CC1CCN(c2cc(F)cc(C#N)c2)CC2N=C(c3ccccn3)OC12. The topological polar surface area (TPSA) is 61.5 Å². The van der Waals surface area contributed by atoms with Gasteiger partial charge in [-0.25, -0.2) is 9.38 Å². The van der Waals surface area contributed by atoms with E-state index in [1.807, 2.05) is 24.3 Å². The molecule has 0 N–H and O–H groups in total. The number of nitriles is 1. The molecule has 3 atom stereocenters. The van der Waals surface area contributed by atoms with Crippen LogP contribution in [0.4, 0.5) is 10.1 Å². The minimum Gasteiger partial charge on any atom is -0.470 e. The first-order valence-electron chi connectivity index (χ1n) is 8.75. The van der Waals surface area contributed by atoms with Crippen LogP contribution in [-0.4, -0.2) is 36.1 Å². The number of benzene rings is 1. The Morgan fingerprint density at radius 1 is 1.31 bits per heavy atom. The fraction of sp³-hybridized carbons (Fsp3) is 0.350. The lowest BCUT2D eigenvalue weighted by Gasteiger charge is -2.24. The monoisotopic (exact) mass is 350 g/mol. The minimum atomic E-state index is -0.395. The first kappa shape index (κ1) is 16.5. The highest BCUT2D eigenvalue weighted by molar-refractivity contribution is 5.93. The molecule has 1 aromatic heterocycles. The molecule has 0 saturated carbocycles. The van der Waals surface area contributed by atoms with Gasteiger partial charge in [-0.15, -0.1) is 0 Å². The number of halogens is 1. The van der Waals surface area contributed by atoms with E-state index in [4.69, 9.17) is 15.0 Å². The molecular weight excluding hydrogens is 331 g/mol. The first-order valence-corrected chi connectivity index (χ1v) is 8.75. The summed E-state index contributed by atoms with van der Waals surface area (Å²) in [6.07, 6.45) is 2.62. The van der Waals surface area contributed by atoms with Gasteiger partial charge < -0.3 is 9.64 Å². The van der Waals surface area contributed by atoms with E-state index < -0.39 is 5.82 Å². The number of aromatic nitrogens is 1. The van der Waals surface area contributed by atoms with Crippen molar-refractivity contribution in [1.29, 1.82) is 5.26 Å². The highest BCUT2D eigenvalue weighted by atomic mass is 19.1. The molecule has 0 bridgehead atoms. The summed E-state index contributed by atoms with van der Waals surface area (Å²) in [5.41, 5.74) is 1.78. The summed E-state index contributed by atoms with van der Waals surface area (Å²) < 4.78 is 20.0. The Balaban J connectivity index is 1.63. The number of fused-ring (bicyclic) bond motifs is 1. The lowest BCUT2D eigenvalue weighted by molar-refractivity contribution is 0.138. The van der Waals surface area contributed by atoms with E-state index in [2.05, 4.69) is 16.8 Å². The molecule has 3 heterocycles. The van der Waals surface area contributed by atoms with Crippen molar-refractivity contribution in [3.05, 3.63) is 59.7 Å². The van der Waals surface area contributed by atoms with Crippen molar-refractivity contribution in [3.8, 4) is 6.07 Å². The van der Waals surface area contributed by atoms with E-state index in [-0.39, 0.29) is 12.1 Å². The van der Waals surface area contributed by atoms with Crippen molar-refractivity contribution >= 4 is 11.6 Å². The smallest absolute Gasteiger partial charge is 0.236 e. The minimum absolute atomic E-state index is 0.0130. The number of rotatable bonds is 2. The Hall–Kier alpha value is -2.94. The van der Waals surface area contributed by atoms with E-state index in [1.165, 1.54) is 12.1 Å². The molecule has 26 heavy (non-hydrogen) atoms. The summed E-state index contributed by atoms with van der Waals surface area (Å²) in [4.78, 5) is 11.2. The van der Waals surface area contributed by atoms with Crippen LogP contribution < -0.4 is 4.90 Å². The molecule has 2 aliphatic rings. The molecule has 0 spiro atoms. The molecule has 0 amide bonds. The van der Waals surface area contributed by atoms with Gasteiger partial charge in [0.25, 0.3) is 0 Å². The lowest BCUT2D eigenvalue weighted by Crippen LogP contribution is -2.35. The van der Waals surface area contributed by atoms with Gasteiger partial charge in [-0.05, 0) is 42.7 Å². The molecule has 0 aliphatic carbocycles. The number of ether oxygens (including phenoxy) is 1. The van der Waals surface area contributed by atoms with Gasteiger partial charge in [-0.1, -0.05) is 13.0 Å². The number of aliphatic imine (C=N–C) groups is 1. The predicted octanol–water partition coefficient (Wildman–Crippen LogP) is 3.15. The molecule has 6 heteroatoms. The molecule has 1 fully saturated rings. The van der Waals surface area contributed by atoms with Crippen LogP contribution in [0.15, 0.2) is 47.6 Å². The van der Waals surface area contributed by atoms with Gasteiger partial charge in [-0.3, -0.25) is 4.98 Å². The Labute approximate surface area is 151 Å². The van der Waals surface area contributed by atoms with Crippen LogP contribution in [0.2, 0.25) is 0 Å². The molecule has 3 unspecified atom stereocenters. The number of hydrogen-bond donors (Lipinski definition) is 0. The highest BCUT2D eigenvalue weighted by Gasteiger charge is 2.39. The van der Waals surface area contributed by atoms with Gasteiger partial charge in [-0.2, -0.15) is 5.26 Å². The van der Waals surface area contributed by atoms with Crippen molar-refractivity contribution in [2.45, 2.75) is 25.5 Å². The highest BCUT2D eigenvalue weighted by Crippen LogP contribution is 2.31. The predicted molar refractivity (Wildman–Crippen MR) is 96.5 cm³/mol. The maximum Gasteiger partial charge on any atom is 0.236 e. The molecule has 5 nitrogen and oxygen atoms in total. The number of nitrogens with zero attached hydrogens (tertiary/aromatic N) is 4. The third-order valence-electron chi connectivity index (χ3n) is 4.99. The third-order valence-corrected chi connectivity index (χ3v) is 4.99. The van der Waals surface area contributed by atoms with Crippen LogP contribution in [0.5, 0.6) is 0 Å². The second-order valence-corrected chi connectivity index (χ2v) is 6.82. The molecule has 1 aromatic carbocycles. The Kier molecular flexibility index (Phi) is 4.29. The zero-order valence-corrected chi connectivity index (χ0v) is 14.5. The maximum absolute atomic E-state index is 13.9. The fourth-order valence-electron chi connectivity index (χ4n) is 3.61. The molecule has 2 aromatic rings. The summed E-state index contributed by atoms with van der Waals surface area (Å²) in [6, 6.07) is 12.1. The standard InChI is InChI=1S/C20H19FN4O/c1-13-5-7-25(16-9-14(11-22)8-15(21)10-16)12-18-19(13)26-20(24-18)17-4-2-3-6-23-17/h2-4,6,8-10,13,18-19H,5,7,12H2,1H3. The Morgan fingerprint density at radius 2 is 2.19 bits per heavy atom. The van der Waals surface area contributed by atoms with E-state index >= 15 is 0 Å². The number of pyridine rings is 1. The summed E-state index contributed by atoms with van der Waals surface area (Å²) in [7, 11) is 0. The Morgan fingerprint density at radius 3 is 2.96 bits per heavy atom. The van der Waals surface area contributed by atoms with Gasteiger partial charge in [0, 0.05) is 25.0 Å². The zero-order valence-electron chi connectivity index (χ0n) is 14.5. The molecule has 0 radical (unpaired) electrons. The van der Waals surface area contributed by atoms with Crippen LogP contribution in [0, 0.1) is 23.1 Å². The second-order valence-electron chi connectivity index (χ2n) is 6.82. The average Bonchev–Trinajstić information content (AvgIpc) is 3.02. The van der Waals surface area contributed by atoms with Crippen molar-refractivity contribution in [2.24, 2.45) is 10.9 Å². The molecule has 1 saturated heterocycles. The van der Waals surface area contributed by atoms with E-state index in [1.54, 1.807) is 12.3 Å². The summed E-state index contributed by atoms with van der Waals surface area (Å²) in [5.74, 6) is 0.499. The van der Waals surface area contributed by atoms with Crippen LogP contribution in [-0.2, 0) is 4.74 Å². The zero-order chi connectivity index (χ0) is 18.1. The van der Waals surface area contributed by atoms with Crippen LogP contribution in [0.3, 0.4) is 0 Å². The van der Waals surface area contributed by atoms with Gasteiger partial charge >= 0.3 is 0 Å². The van der Waals surface area contributed by atoms with Gasteiger partial charge in [0.2, 0.25) is 5.90 Å². The first-order chi connectivity index (χ1) is 12.6. The van der Waals surface area contributed by atoms with Gasteiger partial charge in [0.05, 0.1) is 11.6 Å². The van der Waals surface area contributed by atoms with Gasteiger partial charge in [0.15, 0.2) is 0 Å². The number of hydrogen-bond acceptors (Lipinski definition) is 5. The quantitative estimate of drug-likeness (QED) is 0.835. The van der Waals surface area contributed by atoms with Crippen molar-refractivity contribution in [1.82, 2.24) is 4.98 Å². The molecule has 132 valence electrons. The molecular formula is C20H19FN4O. The van der Waals surface area contributed by atoms with Gasteiger partial charge in [0.1, 0.15) is 23.7 Å². The van der Waals surface area contributed by atoms with Crippen LogP contribution in [0.25, 0.3) is 0 Å². The fourth-order valence-corrected chi connectivity index (χ4v) is 3.61. The van der Waals surface area contributed by atoms with E-state index in [9.17, 15) is 4.39 Å². The second kappa shape index (κ2) is 6.75. The van der Waals surface area contributed by atoms with E-state index in [0.717, 1.165) is 24.3 Å².